The van der Waals surface area contributed by atoms with Gasteiger partial charge in [0.1, 0.15) is 5.69 Å². The van der Waals surface area contributed by atoms with Crippen molar-refractivity contribution >= 4 is 34.3 Å². The molecule has 0 atom stereocenters. The highest BCUT2D eigenvalue weighted by Gasteiger charge is 2.20. The number of anilines is 1. The molecule has 4 nitrogen and oxygen atoms in total. The van der Waals surface area contributed by atoms with Gasteiger partial charge in [0.2, 0.25) is 0 Å². The van der Waals surface area contributed by atoms with Crippen molar-refractivity contribution in [2.75, 3.05) is 37.0 Å². The van der Waals surface area contributed by atoms with E-state index in [2.05, 4.69) is 10.3 Å². The van der Waals surface area contributed by atoms with Gasteiger partial charge in [-0.3, -0.25) is 4.79 Å². The van der Waals surface area contributed by atoms with Crippen molar-refractivity contribution < 1.29 is 4.79 Å². The number of fused-ring (bicyclic) bond motifs is 1. The second kappa shape index (κ2) is 5.71. The Bertz CT molecular complexity index is 638. The summed E-state index contributed by atoms with van der Waals surface area (Å²) in [4.78, 5) is 19.0. The maximum absolute atomic E-state index is 12.5. The summed E-state index contributed by atoms with van der Waals surface area (Å²) in [6, 6.07) is 9.74. The van der Waals surface area contributed by atoms with Crippen LogP contribution in [0.5, 0.6) is 0 Å². The van der Waals surface area contributed by atoms with Gasteiger partial charge in [0.25, 0.3) is 5.91 Å². The van der Waals surface area contributed by atoms with Gasteiger partial charge in [-0.15, -0.1) is 0 Å². The minimum Gasteiger partial charge on any atom is -0.388 e. The lowest BCUT2D eigenvalue weighted by atomic mass is 10.1. The third kappa shape index (κ3) is 2.45. The van der Waals surface area contributed by atoms with Gasteiger partial charge in [0.05, 0.1) is 5.52 Å². The van der Waals surface area contributed by atoms with E-state index >= 15 is 0 Å². The standard InChI is InChI=1S/C15H17N3OS/c1-16-13-10-14(15(19)18-6-8-20-9-7-18)17-12-5-3-2-4-11(12)13/h2-5,10H,6-9H2,1H3,(H,16,17). The highest BCUT2D eigenvalue weighted by Crippen LogP contribution is 2.23. The second-order valence-electron chi connectivity index (χ2n) is 4.73. The maximum Gasteiger partial charge on any atom is 0.272 e. The first-order valence-corrected chi connectivity index (χ1v) is 7.89. The summed E-state index contributed by atoms with van der Waals surface area (Å²) in [6.07, 6.45) is 0. The van der Waals surface area contributed by atoms with Crippen molar-refractivity contribution in [1.29, 1.82) is 0 Å². The van der Waals surface area contributed by atoms with Gasteiger partial charge >= 0.3 is 0 Å². The van der Waals surface area contributed by atoms with Crippen LogP contribution in [-0.2, 0) is 0 Å². The molecule has 1 aliphatic heterocycles. The molecule has 20 heavy (non-hydrogen) atoms. The molecule has 1 aromatic carbocycles. The number of rotatable bonds is 2. The lowest BCUT2D eigenvalue weighted by molar-refractivity contribution is 0.0767. The number of nitrogens with one attached hydrogen (secondary N) is 1. The monoisotopic (exact) mass is 287 g/mol. The Morgan fingerprint density at radius 1 is 1.30 bits per heavy atom. The van der Waals surface area contributed by atoms with Crippen molar-refractivity contribution in [1.82, 2.24) is 9.88 Å². The average Bonchev–Trinajstić information content (AvgIpc) is 2.54. The zero-order valence-corrected chi connectivity index (χ0v) is 12.2. The Labute approximate surface area is 122 Å². The number of carbonyl (C=O) groups is 1. The molecule has 0 aliphatic carbocycles. The van der Waals surface area contributed by atoms with Crippen LogP contribution in [0, 0.1) is 0 Å². The van der Waals surface area contributed by atoms with Crippen LogP contribution in [0.15, 0.2) is 30.3 Å². The van der Waals surface area contributed by atoms with E-state index < -0.39 is 0 Å². The van der Waals surface area contributed by atoms with Crippen LogP contribution in [0.3, 0.4) is 0 Å². The maximum atomic E-state index is 12.5. The van der Waals surface area contributed by atoms with Crippen LogP contribution in [0.1, 0.15) is 10.5 Å². The van der Waals surface area contributed by atoms with E-state index in [1.807, 2.05) is 54.0 Å². The molecule has 0 unspecified atom stereocenters. The summed E-state index contributed by atoms with van der Waals surface area (Å²) in [5.74, 6) is 2.06. The lowest BCUT2D eigenvalue weighted by Crippen LogP contribution is -2.38. The van der Waals surface area contributed by atoms with Crippen molar-refractivity contribution in [2.45, 2.75) is 0 Å². The quantitative estimate of drug-likeness (QED) is 0.921. The lowest BCUT2D eigenvalue weighted by Gasteiger charge is -2.26. The molecule has 1 saturated heterocycles. The number of carbonyl (C=O) groups excluding carboxylic acids is 1. The molecule has 5 heteroatoms. The van der Waals surface area contributed by atoms with Crippen molar-refractivity contribution in [2.24, 2.45) is 0 Å². The molecule has 1 aliphatic rings. The van der Waals surface area contributed by atoms with E-state index in [1.165, 1.54) is 0 Å². The number of pyridine rings is 1. The van der Waals surface area contributed by atoms with Crippen molar-refractivity contribution in [3.8, 4) is 0 Å². The van der Waals surface area contributed by atoms with Crippen LogP contribution in [-0.4, -0.2) is 47.4 Å². The SMILES string of the molecule is CNc1cc(C(=O)N2CCSCC2)nc2ccccc12. The Hall–Kier alpha value is -1.75. The highest BCUT2D eigenvalue weighted by atomic mass is 32.2. The first-order chi connectivity index (χ1) is 9.79. The third-order valence-corrected chi connectivity index (χ3v) is 4.45. The number of nitrogens with zero attached hydrogens (tertiary/aromatic N) is 2. The molecular weight excluding hydrogens is 270 g/mol. The van der Waals surface area contributed by atoms with E-state index in [4.69, 9.17) is 0 Å². The number of benzene rings is 1. The van der Waals surface area contributed by atoms with Gasteiger partial charge in [0.15, 0.2) is 0 Å². The van der Waals surface area contributed by atoms with Crippen LogP contribution >= 0.6 is 11.8 Å². The smallest absolute Gasteiger partial charge is 0.272 e. The number of para-hydroxylation sites is 1. The molecule has 1 fully saturated rings. The molecule has 2 aromatic rings. The molecule has 104 valence electrons. The number of hydrogen-bond acceptors (Lipinski definition) is 4. The topological polar surface area (TPSA) is 45.2 Å². The number of hydrogen-bond donors (Lipinski definition) is 1. The highest BCUT2D eigenvalue weighted by molar-refractivity contribution is 7.99. The fraction of sp³-hybridized carbons (Fsp3) is 0.333. The van der Waals surface area contributed by atoms with Crippen LogP contribution < -0.4 is 5.32 Å². The van der Waals surface area contributed by atoms with Crippen molar-refractivity contribution in [3.63, 3.8) is 0 Å². The van der Waals surface area contributed by atoms with E-state index in [9.17, 15) is 4.79 Å². The van der Waals surface area contributed by atoms with E-state index in [1.54, 1.807) is 0 Å². The molecular formula is C15H17N3OS. The summed E-state index contributed by atoms with van der Waals surface area (Å²) in [5.41, 5.74) is 2.33. The Balaban J connectivity index is 2.00. The van der Waals surface area contributed by atoms with Gasteiger partial charge in [-0.2, -0.15) is 11.8 Å². The fourth-order valence-corrected chi connectivity index (χ4v) is 3.32. The average molecular weight is 287 g/mol. The predicted molar refractivity (Wildman–Crippen MR) is 84.5 cm³/mol. The van der Waals surface area contributed by atoms with Crippen LogP contribution in [0.4, 0.5) is 5.69 Å². The van der Waals surface area contributed by atoms with E-state index in [0.717, 1.165) is 41.2 Å². The minimum absolute atomic E-state index is 0.0348. The summed E-state index contributed by atoms with van der Waals surface area (Å²) in [6.45, 7) is 1.62. The molecule has 1 amide bonds. The molecule has 2 heterocycles. The summed E-state index contributed by atoms with van der Waals surface area (Å²) < 4.78 is 0. The van der Waals surface area contributed by atoms with Gasteiger partial charge in [0, 0.05) is 42.7 Å². The second-order valence-corrected chi connectivity index (χ2v) is 5.95. The summed E-state index contributed by atoms with van der Waals surface area (Å²) in [5, 5.41) is 4.20. The van der Waals surface area contributed by atoms with Crippen LogP contribution in [0.25, 0.3) is 10.9 Å². The molecule has 0 bridgehead atoms. The summed E-state index contributed by atoms with van der Waals surface area (Å²) >= 11 is 1.89. The zero-order valence-electron chi connectivity index (χ0n) is 11.4. The minimum atomic E-state index is 0.0348. The molecule has 1 aromatic heterocycles. The molecule has 0 saturated carbocycles. The Morgan fingerprint density at radius 3 is 2.80 bits per heavy atom. The fourth-order valence-electron chi connectivity index (χ4n) is 2.42. The van der Waals surface area contributed by atoms with Gasteiger partial charge in [-0.25, -0.2) is 4.98 Å². The Morgan fingerprint density at radius 2 is 2.05 bits per heavy atom. The molecule has 0 spiro atoms. The molecule has 1 N–H and O–H groups in total. The number of aromatic nitrogens is 1. The van der Waals surface area contributed by atoms with E-state index in [-0.39, 0.29) is 5.91 Å². The number of thioether (sulfide) groups is 1. The summed E-state index contributed by atoms with van der Waals surface area (Å²) in [7, 11) is 1.87. The van der Waals surface area contributed by atoms with Crippen LogP contribution in [0.2, 0.25) is 0 Å². The normalized spacial score (nSPS) is 15.3. The first-order valence-electron chi connectivity index (χ1n) is 6.74. The van der Waals surface area contributed by atoms with E-state index in [0.29, 0.717) is 5.69 Å². The zero-order chi connectivity index (χ0) is 13.9. The van der Waals surface area contributed by atoms with Gasteiger partial charge in [-0.1, -0.05) is 18.2 Å². The van der Waals surface area contributed by atoms with Gasteiger partial charge < -0.3 is 10.2 Å². The van der Waals surface area contributed by atoms with Gasteiger partial charge in [-0.05, 0) is 12.1 Å². The number of amides is 1. The predicted octanol–water partition coefficient (Wildman–Crippen LogP) is 2.47. The molecule has 0 radical (unpaired) electrons. The third-order valence-electron chi connectivity index (χ3n) is 3.50. The van der Waals surface area contributed by atoms with Crippen molar-refractivity contribution in [3.05, 3.63) is 36.0 Å². The molecule has 3 rings (SSSR count). The first kappa shape index (κ1) is 13.2. The Kier molecular flexibility index (Phi) is 3.78. The largest absolute Gasteiger partial charge is 0.388 e.